The Labute approximate surface area is 195 Å². The summed E-state index contributed by atoms with van der Waals surface area (Å²) in [6, 6.07) is 3.98. The Kier molecular flexibility index (Phi) is 13.0. The zero-order chi connectivity index (χ0) is 24.7. The molecule has 0 aromatic heterocycles. The lowest BCUT2D eigenvalue weighted by Crippen LogP contribution is -2.09. The molecule has 33 heavy (non-hydrogen) atoms. The van der Waals surface area contributed by atoms with Crippen LogP contribution in [-0.4, -0.2) is 17.7 Å². The van der Waals surface area contributed by atoms with Crippen LogP contribution in [0.1, 0.15) is 76.8 Å². The summed E-state index contributed by atoms with van der Waals surface area (Å²) in [5.41, 5.74) is 0.536. The SMILES string of the molecule is CCCCCCCCCOc1cccc(C(F)(F)F)c1/C=C/C(C)=C/C=C/C(C)=C/C(=O)O. The van der Waals surface area contributed by atoms with Gasteiger partial charge < -0.3 is 9.84 Å². The van der Waals surface area contributed by atoms with Crippen molar-refractivity contribution in [2.45, 2.75) is 71.9 Å². The van der Waals surface area contributed by atoms with Crippen molar-refractivity contribution < 1.29 is 27.8 Å². The summed E-state index contributed by atoms with van der Waals surface area (Å²) in [6.45, 7) is 5.96. The molecule has 1 rings (SSSR count). The number of hydrogen-bond donors (Lipinski definition) is 1. The smallest absolute Gasteiger partial charge is 0.417 e. The minimum Gasteiger partial charge on any atom is -0.493 e. The zero-order valence-corrected chi connectivity index (χ0v) is 19.8. The van der Waals surface area contributed by atoms with Gasteiger partial charge in [-0.25, -0.2) is 4.79 Å². The summed E-state index contributed by atoms with van der Waals surface area (Å²) in [7, 11) is 0. The van der Waals surface area contributed by atoms with E-state index < -0.39 is 17.7 Å². The van der Waals surface area contributed by atoms with E-state index >= 15 is 0 Å². The Morgan fingerprint density at radius 1 is 1.00 bits per heavy atom. The monoisotopic (exact) mass is 464 g/mol. The molecule has 3 nitrogen and oxygen atoms in total. The molecular formula is C27H35F3O3. The number of allylic oxidation sites excluding steroid dienone is 6. The van der Waals surface area contributed by atoms with Crippen LogP contribution in [0.3, 0.4) is 0 Å². The second-order valence-electron chi connectivity index (χ2n) is 8.01. The van der Waals surface area contributed by atoms with E-state index in [1.807, 2.05) is 0 Å². The molecule has 0 bridgehead atoms. The third kappa shape index (κ3) is 12.2. The number of carbonyl (C=O) groups is 1. The van der Waals surface area contributed by atoms with E-state index in [2.05, 4.69) is 6.92 Å². The molecule has 0 heterocycles. The van der Waals surface area contributed by atoms with E-state index in [1.54, 1.807) is 44.2 Å². The quantitative estimate of drug-likeness (QED) is 0.171. The minimum absolute atomic E-state index is 0.00614. The van der Waals surface area contributed by atoms with Crippen LogP contribution in [0.2, 0.25) is 0 Å². The van der Waals surface area contributed by atoms with Crippen molar-refractivity contribution in [2.24, 2.45) is 0 Å². The van der Waals surface area contributed by atoms with Crippen LogP contribution >= 0.6 is 0 Å². The second-order valence-corrected chi connectivity index (χ2v) is 8.01. The molecule has 0 fully saturated rings. The molecular weight excluding hydrogens is 429 g/mol. The number of unbranched alkanes of at least 4 members (excludes halogenated alkanes) is 6. The Balaban J connectivity index is 2.89. The summed E-state index contributed by atoms with van der Waals surface area (Å²) in [6.07, 6.45) is 12.3. The van der Waals surface area contributed by atoms with Crippen molar-refractivity contribution in [1.29, 1.82) is 0 Å². The van der Waals surface area contributed by atoms with Crippen molar-refractivity contribution >= 4 is 12.0 Å². The molecule has 182 valence electrons. The fourth-order valence-corrected chi connectivity index (χ4v) is 3.20. The van der Waals surface area contributed by atoms with Gasteiger partial charge in [-0.3, -0.25) is 0 Å². The highest BCUT2D eigenvalue weighted by Gasteiger charge is 2.33. The van der Waals surface area contributed by atoms with E-state index in [1.165, 1.54) is 37.8 Å². The minimum atomic E-state index is -4.49. The van der Waals surface area contributed by atoms with Gasteiger partial charge in [0.25, 0.3) is 0 Å². The first kappa shape index (κ1) is 28.3. The van der Waals surface area contributed by atoms with Gasteiger partial charge in [0, 0.05) is 11.6 Å². The molecule has 0 amide bonds. The topological polar surface area (TPSA) is 46.5 Å². The van der Waals surface area contributed by atoms with Crippen LogP contribution in [-0.2, 0) is 11.0 Å². The summed E-state index contributed by atoms with van der Waals surface area (Å²) in [4.78, 5) is 10.6. The average molecular weight is 465 g/mol. The first-order valence-corrected chi connectivity index (χ1v) is 11.4. The lowest BCUT2D eigenvalue weighted by Gasteiger charge is -2.15. The van der Waals surface area contributed by atoms with Gasteiger partial charge in [0.15, 0.2) is 0 Å². The number of carboxylic acid groups (broad SMARTS) is 1. The number of carboxylic acids is 1. The van der Waals surface area contributed by atoms with Gasteiger partial charge in [0.05, 0.1) is 12.2 Å². The molecule has 0 saturated carbocycles. The first-order valence-electron chi connectivity index (χ1n) is 11.4. The number of alkyl halides is 3. The highest BCUT2D eigenvalue weighted by molar-refractivity contribution is 5.81. The summed E-state index contributed by atoms with van der Waals surface area (Å²) in [5.74, 6) is -0.818. The molecule has 1 aromatic carbocycles. The predicted molar refractivity (Wildman–Crippen MR) is 128 cm³/mol. The van der Waals surface area contributed by atoms with Gasteiger partial charge in [0.2, 0.25) is 0 Å². The Morgan fingerprint density at radius 2 is 1.67 bits per heavy atom. The molecule has 0 aliphatic rings. The summed E-state index contributed by atoms with van der Waals surface area (Å²) < 4.78 is 46.4. The fourth-order valence-electron chi connectivity index (χ4n) is 3.20. The van der Waals surface area contributed by atoms with Crippen molar-refractivity contribution in [1.82, 2.24) is 0 Å². The zero-order valence-electron chi connectivity index (χ0n) is 19.8. The number of rotatable bonds is 14. The van der Waals surface area contributed by atoms with Gasteiger partial charge >= 0.3 is 12.1 Å². The highest BCUT2D eigenvalue weighted by Crippen LogP contribution is 2.37. The van der Waals surface area contributed by atoms with Crippen LogP contribution in [0.4, 0.5) is 13.2 Å². The standard InChI is InChI=1S/C27H35F3O3/c1-4-5-6-7-8-9-10-19-33-25-16-12-15-24(27(28,29)30)23(25)18-17-21(2)13-11-14-22(3)20-26(31)32/h11-18,20H,4-10,19H2,1-3H3,(H,31,32)/b14-11+,18-17+,21-13+,22-20+. The van der Waals surface area contributed by atoms with E-state index in [-0.39, 0.29) is 11.3 Å². The molecule has 0 saturated heterocycles. The van der Waals surface area contributed by atoms with Gasteiger partial charge in [-0.05, 0) is 38.0 Å². The largest absolute Gasteiger partial charge is 0.493 e. The lowest BCUT2D eigenvalue weighted by molar-refractivity contribution is -0.138. The van der Waals surface area contributed by atoms with Crippen LogP contribution in [0, 0.1) is 0 Å². The molecule has 0 aliphatic heterocycles. The van der Waals surface area contributed by atoms with E-state index in [9.17, 15) is 18.0 Å². The molecule has 0 atom stereocenters. The van der Waals surface area contributed by atoms with E-state index in [4.69, 9.17) is 9.84 Å². The van der Waals surface area contributed by atoms with Crippen molar-refractivity contribution in [3.63, 3.8) is 0 Å². The third-order valence-corrected chi connectivity index (χ3v) is 4.96. The van der Waals surface area contributed by atoms with Gasteiger partial charge in [-0.1, -0.05) is 87.5 Å². The van der Waals surface area contributed by atoms with Crippen LogP contribution < -0.4 is 4.74 Å². The molecule has 0 spiro atoms. The van der Waals surface area contributed by atoms with Crippen molar-refractivity contribution in [3.8, 4) is 5.75 Å². The maximum absolute atomic E-state index is 13.6. The van der Waals surface area contributed by atoms with Crippen LogP contribution in [0.5, 0.6) is 5.75 Å². The summed E-state index contributed by atoms with van der Waals surface area (Å²) in [5, 5.41) is 8.71. The summed E-state index contributed by atoms with van der Waals surface area (Å²) >= 11 is 0. The number of aliphatic carboxylic acids is 1. The van der Waals surface area contributed by atoms with E-state index in [0.717, 1.165) is 31.4 Å². The van der Waals surface area contributed by atoms with Gasteiger partial charge in [-0.2, -0.15) is 13.2 Å². The van der Waals surface area contributed by atoms with Crippen LogP contribution in [0.15, 0.2) is 59.7 Å². The fraction of sp³-hybridized carbons (Fsp3) is 0.444. The van der Waals surface area contributed by atoms with E-state index in [0.29, 0.717) is 17.8 Å². The molecule has 1 N–H and O–H groups in total. The number of benzene rings is 1. The molecule has 6 heteroatoms. The number of hydrogen-bond acceptors (Lipinski definition) is 2. The Hall–Kier alpha value is -2.76. The van der Waals surface area contributed by atoms with Crippen molar-refractivity contribution in [3.05, 3.63) is 70.9 Å². The normalized spacial score (nSPS) is 13.3. The van der Waals surface area contributed by atoms with Crippen molar-refractivity contribution in [2.75, 3.05) is 6.61 Å². The maximum Gasteiger partial charge on any atom is 0.417 e. The first-order chi connectivity index (χ1) is 15.6. The molecule has 0 radical (unpaired) electrons. The molecule has 0 unspecified atom stereocenters. The number of halogens is 3. The van der Waals surface area contributed by atoms with Gasteiger partial charge in [0.1, 0.15) is 5.75 Å². The Morgan fingerprint density at radius 3 is 2.30 bits per heavy atom. The molecule has 1 aromatic rings. The average Bonchev–Trinajstić information content (AvgIpc) is 2.73. The van der Waals surface area contributed by atoms with Gasteiger partial charge in [-0.15, -0.1) is 0 Å². The highest BCUT2D eigenvalue weighted by atomic mass is 19.4. The predicted octanol–water partition coefficient (Wildman–Crippen LogP) is 8.38. The Bertz CT molecular complexity index is 862. The maximum atomic E-state index is 13.6. The third-order valence-electron chi connectivity index (χ3n) is 4.96. The second kappa shape index (κ2) is 15.1. The molecule has 0 aliphatic carbocycles. The lowest BCUT2D eigenvalue weighted by atomic mass is 10.0. The number of ether oxygens (including phenoxy) is 1. The van der Waals surface area contributed by atoms with Crippen LogP contribution in [0.25, 0.3) is 6.08 Å².